The molecule has 0 aliphatic carbocycles. The first-order chi connectivity index (χ1) is 10.0. The third-order valence-electron chi connectivity index (χ3n) is 3.00. The molecule has 0 fully saturated rings. The molecule has 3 N–H and O–H groups in total. The van der Waals surface area contributed by atoms with Crippen LogP contribution in [0.25, 0.3) is 11.0 Å². The molecule has 1 aromatic heterocycles. The molecule has 1 heterocycles. The Balaban J connectivity index is 1.89. The van der Waals surface area contributed by atoms with Gasteiger partial charge >= 0.3 is 0 Å². The Bertz CT molecular complexity index is 849. The number of hydrogen-bond donors (Lipinski definition) is 2. The van der Waals surface area contributed by atoms with E-state index in [9.17, 15) is 8.60 Å². The third kappa shape index (κ3) is 2.98. The number of aromatic amines is 1. The van der Waals surface area contributed by atoms with Crippen molar-refractivity contribution in [1.29, 1.82) is 0 Å². The van der Waals surface area contributed by atoms with E-state index in [0.717, 1.165) is 5.52 Å². The minimum absolute atomic E-state index is 0.0639. The molecule has 0 aliphatic heterocycles. The number of anilines is 1. The predicted molar refractivity (Wildman–Crippen MR) is 84.7 cm³/mol. The zero-order valence-electron chi connectivity index (χ0n) is 10.8. The van der Waals surface area contributed by atoms with Crippen molar-refractivity contribution < 1.29 is 8.60 Å². The zero-order valence-corrected chi connectivity index (χ0v) is 13.2. The summed E-state index contributed by atoms with van der Waals surface area (Å²) in [7, 11) is -1.45. The van der Waals surface area contributed by atoms with E-state index in [0.29, 0.717) is 26.4 Å². The fraction of sp³-hybridized carbons (Fsp3) is 0.0714. The van der Waals surface area contributed by atoms with Crippen LogP contribution in [0.4, 0.5) is 10.1 Å². The highest BCUT2D eigenvalue weighted by molar-refractivity contribution is 9.10. The van der Waals surface area contributed by atoms with Gasteiger partial charge in [0.15, 0.2) is 5.16 Å². The summed E-state index contributed by atoms with van der Waals surface area (Å²) in [6.07, 6.45) is 0. The molecule has 0 saturated heterocycles. The molecule has 2 aromatic carbocycles. The van der Waals surface area contributed by atoms with Gasteiger partial charge in [-0.1, -0.05) is 22.0 Å². The molecule has 0 saturated carbocycles. The van der Waals surface area contributed by atoms with E-state index in [2.05, 4.69) is 25.9 Å². The number of nitrogen functional groups attached to an aromatic ring is 1. The van der Waals surface area contributed by atoms with E-state index in [4.69, 9.17) is 5.73 Å². The molecule has 0 radical (unpaired) electrons. The quantitative estimate of drug-likeness (QED) is 0.697. The van der Waals surface area contributed by atoms with Crippen LogP contribution in [-0.2, 0) is 16.6 Å². The molecule has 21 heavy (non-hydrogen) atoms. The summed E-state index contributed by atoms with van der Waals surface area (Å²) in [6.45, 7) is 0. The first kappa shape index (κ1) is 14.2. The summed E-state index contributed by atoms with van der Waals surface area (Å²) in [5, 5.41) is 0.318. The van der Waals surface area contributed by atoms with Crippen LogP contribution in [0.1, 0.15) is 5.56 Å². The summed E-state index contributed by atoms with van der Waals surface area (Å²) in [5.41, 5.74) is 8.08. The highest BCUT2D eigenvalue weighted by Crippen LogP contribution is 2.20. The lowest BCUT2D eigenvalue weighted by Gasteiger charge is -2.02. The van der Waals surface area contributed by atoms with Crippen LogP contribution in [0.5, 0.6) is 0 Å². The molecule has 4 nitrogen and oxygen atoms in total. The van der Waals surface area contributed by atoms with E-state index in [-0.39, 0.29) is 5.75 Å². The minimum Gasteiger partial charge on any atom is -0.399 e. The number of nitrogens with zero attached hydrogens (tertiary/aromatic N) is 1. The van der Waals surface area contributed by atoms with Gasteiger partial charge in [-0.2, -0.15) is 0 Å². The van der Waals surface area contributed by atoms with Gasteiger partial charge in [0.25, 0.3) is 0 Å². The molecular weight excluding hydrogens is 357 g/mol. The topological polar surface area (TPSA) is 71.8 Å². The van der Waals surface area contributed by atoms with Crippen molar-refractivity contribution in [3.63, 3.8) is 0 Å². The van der Waals surface area contributed by atoms with Gasteiger partial charge in [-0.05, 0) is 30.3 Å². The van der Waals surface area contributed by atoms with E-state index in [1.165, 1.54) is 6.07 Å². The maximum atomic E-state index is 13.8. The lowest BCUT2D eigenvalue weighted by atomic mass is 10.2. The number of hydrogen-bond acceptors (Lipinski definition) is 3. The fourth-order valence-electron chi connectivity index (χ4n) is 1.96. The Labute approximate surface area is 131 Å². The molecule has 1 unspecified atom stereocenters. The molecule has 1 atom stereocenters. The number of nitrogens with one attached hydrogen (secondary N) is 1. The first-order valence-corrected chi connectivity index (χ1v) is 8.21. The summed E-state index contributed by atoms with van der Waals surface area (Å²) < 4.78 is 26.7. The van der Waals surface area contributed by atoms with E-state index >= 15 is 0 Å². The van der Waals surface area contributed by atoms with Crippen LogP contribution < -0.4 is 5.73 Å². The number of rotatable bonds is 3. The molecule has 0 amide bonds. The first-order valence-electron chi connectivity index (χ1n) is 6.10. The van der Waals surface area contributed by atoms with Gasteiger partial charge in [0, 0.05) is 15.7 Å². The average molecular weight is 368 g/mol. The number of halogens is 2. The van der Waals surface area contributed by atoms with Gasteiger partial charge in [0.05, 0.1) is 27.6 Å². The van der Waals surface area contributed by atoms with Crippen molar-refractivity contribution in [3.8, 4) is 0 Å². The van der Waals surface area contributed by atoms with Gasteiger partial charge in [0.2, 0.25) is 0 Å². The Hall–Kier alpha value is -1.73. The van der Waals surface area contributed by atoms with Crippen molar-refractivity contribution in [2.75, 3.05) is 5.73 Å². The Kier molecular flexibility index (Phi) is 3.77. The SMILES string of the molecule is Nc1ccc2nc(S(=O)Cc3ccc(Br)cc3F)[nH]c2c1. The molecular formula is C14H11BrFN3OS. The van der Waals surface area contributed by atoms with Crippen molar-refractivity contribution in [3.05, 3.63) is 52.3 Å². The van der Waals surface area contributed by atoms with Crippen LogP contribution in [0.2, 0.25) is 0 Å². The smallest absolute Gasteiger partial charge is 0.197 e. The Morgan fingerprint density at radius 3 is 2.86 bits per heavy atom. The second-order valence-electron chi connectivity index (χ2n) is 4.54. The summed E-state index contributed by atoms with van der Waals surface area (Å²) in [4.78, 5) is 7.22. The number of benzene rings is 2. The molecule has 0 aliphatic rings. The molecule has 0 spiro atoms. The third-order valence-corrected chi connectivity index (χ3v) is 4.69. The zero-order chi connectivity index (χ0) is 15.0. The van der Waals surface area contributed by atoms with E-state index in [1.54, 1.807) is 30.3 Å². The highest BCUT2D eigenvalue weighted by Gasteiger charge is 2.13. The lowest BCUT2D eigenvalue weighted by Crippen LogP contribution is -2.00. The van der Waals surface area contributed by atoms with Crippen LogP contribution in [0.3, 0.4) is 0 Å². The van der Waals surface area contributed by atoms with Crippen LogP contribution in [-0.4, -0.2) is 14.2 Å². The minimum atomic E-state index is -1.45. The normalized spacial score (nSPS) is 12.7. The van der Waals surface area contributed by atoms with Crippen molar-refractivity contribution in [2.45, 2.75) is 10.9 Å². The molecule has 3 rings (SSSR count). The van der Waals surface area contributed by atoms with Crippen molar-refractivity contribution >= 4 is 43.5 Å². The van der Waals surface area contributed by atoms with Gasteiger partial charge in [-0.3, -0.25) is 4.21 Å². The van der Waals surface area contributed by atoms with E-state index < -0.39 is 16.6 Å². The standard InChI is InChI=1S/C14H11BrFN3OS/c15-9-2-1-8(11(16)5-9)7-21(20)14-18-12-4-3-10(17)6-13(12)19-14/h1-6H,7,17H2,(H,18,19). The van der Waals surface area contributed by atoms with Crippen LogP contribution >= 0.6 is 15.9 Å². The second-order valence-corrected chi connectivity index (χ2v) is 6.83. The summed E-state index contributed by atoms with van der Waals surface area (Å²) in [6, 6.07) is 9.88. The molecule has 7 heteroatoms. The van der Waals surface area contributed by atoms with Gasteiger partial charge in [-0.15, -0.1) is 0 Å². The number of fused-ring (bicyclic) bond motifs is 1. The molecule has 3 aromatic rings. The second kappa shape index (κ2) is 5.57. The van der Waals surface area contributed by atoms with Gasteiger partial charge < -0.3 is 10.7 Å². The Morgan fingerprint density at radius 2 is 2.10 bits per heavy atom. The molecule has 0 bridgehead atoms. The predicted octanol–water partition coefficient (Wildman–Crippen LogP) is 3.35. The Morgan fingerprint density at radius 1 is 1.29 bits per heavy atom. The number of imidazole rings is 1. The van der Waals surface area contributed by atoms with Gasteiger partial charge in [0.1, 0.15) is 5.82 Å². The molecule has 108 valence electrons. The van der Waals surface area contributed by atoms with Crippen LogP contribution in [0, 0.1) is 5.82 Å². The average Bonchev–Trinajstić information content (AvgIpc) is 2.85. The maximum Gasteiger partial charge on any atom is 0.197 e. The summed E-state index contributed by atoms with van der Waals surface area (Å²) >= 11 is 3.19. The largest absolute Gasteiger partial charge is 0.399 e. The van der Waals surface area contributed by atoms with Crippen LogP contribution in [0.15, 0.2) is 46.0 Å². The number of nitrogens with two attached hydrogens (primary N) is 1. The lowest BCUT2D eigenvalue weighted by molar-refractivity contribution is 0.614. The highest BCUT2D eigenvalue weighted by atomic mass is 79.9. The maximum absolute atomic E-state index is 13.8. The van der Waals surface area contributed by atoms with Crippen molar-refractivity contribution in [1.82, 2.24) is 9.97 Å². The number of H-pyrrole nitrogens is 1. The van der Waals surface area contributed by atoms with Crippen molar-refractivity contribution in [2.24, 2.45) is 0 Å². The van der Waals surface area contributed by atoms with Gasteiger partial charge in [-0.25, -0.2) is 9.37 Å². The summed E-state index contributed by atoms with van der Waals surface area (Å²) in [5.74, 6) is -0.327. The fourth-order valence-corrected chi connectivity index (χ4v) is 3.37. The van der Waals surface area contributed by atoms with E-state index in [1.807, 2.05) is 0 Å². The number of aromatic nitrogens is 2. The monoisotopic (exact) mass is 367 g/mol.